The molecule has 0 aliphatic carbocycles. The van der Waals surface area contributed by atoms with Gasteiger partial charge in [0, 0.05) is 22.2 Å². The number of esters is 1. The molecule has 0 aliphatic rings. The molecule has 25 heavy (non-hydrogen) atoms. The van der Waals surface area contributed by atoms with Crippen LogP contribution in [0.1, 0.15) is 23.1 Å². The molecular weight excluding hydrogens is 312 g/mol. The molecule has 2 heterocycles. The van der Waals surface area contributed by atoms with Gasteiger partial charge in [0.1, 0.15) is 0 Å². The van der Waals surface area contributed by atoms with Gasteiger partial charge in [-0.05, 0) is 38.1 Å². The van der Waals surface area contributed by atoms with E-state index in [4.69, 9.17) is 4.74 Å². The maximum atomic E-state index is 12.2. The normalized spacial score (nSPS) is 11.1. The van der Waals surface area contributed by atoms with Crippen LogP contribution in [-0.2, 0) is 4.74 Å². The SMILES string of the molecule is CCOC(=O)c1cc2c(c(C)n1)c1ccccc1n2-c1ccccc1. The van der Waals surface area contributed by atoms with Crippen LogP contribution in [0.3, 0.4) is 0 Å². The number of carbonyl (C=O) groups is 1. The number of hydrogen-bond acceptors (Lipinski definition) is 3. The van der Waals surface area contributed by atoms with Crippen LogP contribution >= 0.6 is 0 Å². The van der Waals surface area contributed by atoms with Crippen molar-refractivity contribution in [2.75, 3.05) is 6.61 Å². The van der Waals surface area contributed by atoms with Gasteiger partial charge in [-0.3, -0.25) is 0 Å². The van der Waals surface area contributed by atoms with Crippen molar-refractivity contribution in [3.63, 3.8) is 0 Å². The van der Waals surface area contributed by atoms with E-state index in [9.17, 15) is 4.79 Å². The smallest absolute Gasteiger partial charge is 0.356 e. The predicted molar refractivity (Wildman–Crippen MR) is 99.3 cm³/mol. The fourth-order valence-electron chi connectivity index (χ4n) is 3.34. The molecule has 0 atom stereocenters. The third-order valence-electron chi connectivity index (χ3n) is 4.33. The Labute approximate surface area is 145 Å². The van der Waals surface area contributed by atoms with Gasteiger partial charge in [-0.1, -0.05) is 36.4 Å². The van der Waals surface area contributed by atoms with E-state index in [1.807, 2.05) is 43.3 Å². The highest BCUT2D eigenvalue weighted by Gasteiger charge is 2.18. The molecule has 4 rings (SSSR count). The lowest BCUT2D eigenvalue weighted by atomic mass is 10.1. The second kappa shape index (κ2) is 6.06. The molecule has 0 saturated heterocycles. The minimum absolute atomic E-state index is 0.333. The van der Waals surface area contributed by atoms with E-state index in [1.165, 1.54) is 0 Å². The van der Waals surface area contributed by atoms with Crippen molar-refractivity contribution in [3.8, 4) is 5.69 Å². The average Bonchev–Trinajstić information content (AvgIpc) is 2.97. The molecule has 4 aromatic rings. The summed E-state index contributed by atoms with van der Waals surface area (Å²) >= 11 is 0. The maximum absolute atomic E-state index is 12.2. The van der Waals surface area contributed by atoms with Gasteiger partial charge in [0.25, 0.3) is 0 Å². The summed E-state index contributed by atoms with van der Waals surface area (Å²) in [7, 11) is 0. The fraction of sp³-hybridized carbons (Fsp3) is 0.143. The van der Waals surface area contributed by atoms with Crippen molar-refractivity contribution in [2.24, 2.45) is 0 Å². The quantitative estimate of drug-likeness (QED) is 0.513. The van der Waals surface area contributed by atoms with E-state index >= 15 is 0 Å². The minimum atomic E-state index is -0.391. The zero-order valence-electron chi connectivity index (χ0n) is 14.2. The number of rotatable bonds is 3. The first-order chi connectivity index (χ1) is 12.2. The van der Waals surface area contributed by atoms with Gasteiger partial charge in [-0.25, -0.2) is 9.78 Å². The molecular formula is C21H18N2O2. The van der Waals surface area contributed by atoms with Crippen LogP contribution in [0.15, 0.2) is 60.7 Å². The van der Waals surface area contributed by atoms with Gasteiger partial charge in [-0.2, -0.15) is 0 Å². The van der Waals surface area contributed by atoms with Crippen LogP contribution < -0.4 is 0 Å². The number of carbonyl (C=O) groups excluding carboxylic acids is 1. The molecule has 0 fully saturated rings. The number of nitrogens with zero attached hydrogens (tertiary/aromatic N) is 2. The lowest BCUT2D eigenvalue weighted by Gasteiger charge is -2.09. The third kappa shape index (κ3) is 2.47. The van der Waals surface area contributed by atoms with Crippen LogP contribution in [0.4, 0.5) is 0 Å². The molecule has 4 nitrogen and oxygen atoms in total. The van der Waals surface area contributed by atoms with Crippen LogP contribution in [-0.4, -0.2) is 22.1 Å². The predicted octanol–water partition coefficient (Wildman–Crippen LogP) is 4.66. The first-order valence-electron chi connectivity index (χ1n) is 8.34. The summed E-state index contributed by atoms with van der Waals surface area (Å²) in [6.45, 7) is 4.07. The number of pyridine rings is 1. The number of aromatic nitrogens is 2. The van der Waals surface area contributed by atoms with E-state index in [1.54, 1.807) is 6.92 Å². The summed E-state index contributed by atoms with van der Waals surface area (Å²) < 4.78 is 7.31. The summed E-state index contributed by atoms with van der Waals surface area (Å²) in [4.78, 5) is 16.7. The Morgan fingerprint density at radius 1 is 1.04 bits per heavy atom. The Balaban J connectivity index is 2.11. The highest BCUT2D eigenvalue weighted by Crippen LogP contribution is 2.33. The second-order valence-electron chi connectivity index (χ2n) is 5.90. The molecule has 0 bridgehead atoms. The fourth-order valence-corrected chi connectivity index (χ4v) is 3.34. The largest absolute Gasteiger partial charge is 0.461 e. The molecule has 124 valence electrons. The third-order valence-corrected chi connectivity index (χ3v) is 4.33. The number of fused-ring (bicyclic) bond motifs is 3. The molecule has 0 N–H and O–H groups in total. The van der Waals surface area contributed by atoms with Crippen molar-refractivity contribution in [1.29, 1.82) is 0 Å². The number of hydrogen-bond donors (Lipinski definition) is 0. The Kier molecular flexibility index (Phi) is 3.73. The van der Waals surface area contributed by atoms with Crippen molar-refractivity contribution < 1.29 is 9.53 Å². The lowest BCUT2D eigenvalue weighted by molar-refractivity contribution is 0.0519. The molecule has 0 radical (unpaired) electrons. The highest BCUT2D eigenvalue weighted by atomic mass is 16.5. The van der Waals surface area contributed by atoms with Crippen molar-refractivity contribution >= 4 is 27.8 Å². The van der Waals surface area contributed by atoms with Crippen LogP contribution in [0, 0.1) is 6.92 Å². The van der Waals surface area contributed by atoms with Crippen LogP contribution in [0.5, 0.6) is 0 Å². The number of ether oxygens (including phenoxy) is 1. The standard InChI is InChI=1S/C21H18N2O2/c1-3-25-21(24)17-13-19-20(14(2)22-17)16-11-7-8-12-18(16)23(19)15-9-5-4-6-10-15/h4-13H,3H2,1-2H3. The molecule has 2 aromatic carbocycles. The Hall–Kier alpha value is -3.14. The topological polar surface area (TPSA) is 44.1 Å². The van der Waals surface area contributed by atoms with Gasteiger partial charge in [0.15, 0.2) is 5.69 Å². The lowest BCUT2D eigenvalue weighted by Crippen LogP contribution is -2.08. The monoisotopic (exact) mass is 330 g/mol. The molecule has 0 saturated carbocycles. The van der Waals surface area contributed by atoms with Crippen LogP contribution in [0.2, 0.25) is 0 Å². The van der Waals surface area contributed by atoms with Gasteiger partial charge in [-0.15, -0.1) is 0 Å². The second-order valence-corrected chi connectivity index (χ2v) is 5.90. The zero-order chi connectivity index (χ0) is 17.4. The van der Waals surface area contributed by atoms with Crippen molar-refractivity contribution in [2.45, 2.75) is 13.8 Å². The Morgan fingerprint density at radius 3 is 2.52 bits per heavy atom. The molecule has 0 amide bonds. The number of para-hydroxylation sites is 2. The molecule has 0 spiro atoms. The summed E-state index contributed by atoms with van der Waals surface area (Å²) in [5.41, 5.74) is 4.27. The van der Waals surface area contributed by atoms with E-state index in [2.05, 4.69) is 33.8 Å². The summed E-state index contributed by atoms with van der Waals surface area (Å²) in [5.74, 6) is -0.391. The van der Waals surface area contributed by atoms with Crippen LogP contribution in [0.25, 0.3) is 27.5 Å². The minimum Gasteiger partial charge on any atom is -0.461 e. The van der Waals surface area contributed by atoms with Gasteiger partial charge < -0.3 is 9.30 Å². The van der Waals surface area contributed by atoms with Gasteiger partial charge in [0.05, 0.1) is 17.6 Å². The summed E-state index contributed by atoms with van der Waals surface area (Å²) in [5, 5.41) is 2.19. The Bertz CT molecular complexity index is 1080. The number of benzene rings is 2. The summed E-state index contributed by atoms with van der Waals surface area (Å²) in [6, 6.07) is 20.2. The highest BCUT2D eigenvalue weighted by molar-refractivity contribution is 6.11. The van der Waals surface area contributed by atoms with Gasteiger partial charge >= 0.3 is 5.97 Å². The molecule has 4 heteroatoms. The molecule has 2 aromatic heterocycles. The van der Waals surface area contributed by atoms with Gasteiger partial charge in [0.2, 0.25) is 0 Å². The van der Waals surface area contributed by atoms with E-state index in [0.717, 1.165) is 33.2 Å². The zero-order valence-corrected chi connectivity index (χ0v) is 14.2. The van der Waals surface area contributed by atoms with E-state index in [0.29, 0.717) is 12.3 Å². The number of aryl methyl sites for hydroxylation is 1. The van der Waals surface area contributed by atoms with Crippen molar-refractivity contribution in [3.05, 3.63) is 72.1 Å². The van der Waals surface area contributed by atoms with E-state index < -0.39 is 5.97 Å². The summed E-state index contributed by atoms with van der Waals surface area (Å²) in [6.07, 6.45) is 0. The van der Waals surface area contributed by atoms with Crippen molar-refractivity contribution in [1.82, 2.24) is 9.55 Å². The Morgan fingerprint density at radius 2 is 1.76 bits per heavy atom. The maximum Gasteiger partial charge on any atom is 0.356 e. The average molecular weight is 330 g/mol. The first-order valence-corrected chi connectivity index (χ1v) is 8.34. The first kappa shape index (κ1) is 15.4. The molecule has 0 unspecified atom stereocenters. The molecule has 0 aliphatic heterocycles. The van der Waals surface area contributed by atoms with E-state index in [-0.39, 0.29) is 0 Å².